The second-order valence-electron chi connectivity index (χ2n) is 4.35. The average molecular weight is 263 g/mol. The molecule has 6 nitrogen and oxygen atoms in total. The van der Waals surface area contributed by atoms with Crippen LogP contribution in [0.15, 0.2) is 22.6 Å². The van der Waals surface area contributed by atoms with Crippen LogP contribution in [0.3, 0.4) is 0 Å². The molecule has 2 aromatic rings. The first-order valence-corrected chi connectivity index (χ1v) is 6.03. The number of amides is 1. The summed E-state index contributed by atoms with van der Waals surface area (Å²) >= 11 is 0. The highest BCUT2D eigenvalue weighted by molar-refractivity contribution is 5.94. The van der Waals surface area contributed by atoms with Gasteiger partial charge in [-0.25, -0.2) is 4.98 Å². The van der Waals surface area contributed by atoms with E-state index in [-0.39, 0.29) is 11.8 Å². The lowest BCUT2D eigenvalue weighted by Crippen LogP contribution is -2.26. The van der Waals surface area contributed by atoms with Gasteiger partial charge in [0.15, 0.2) is 5.58 Å². The van der Waals surface area contributed by atoms with E-state index >= 15 is 0 Å². The highest BCUT2D eigenvalue weighted by Crippen LogP contribution is 2.20. The molecule has 2 rings (SSSR count). The van der Waals surface area contributed by atoms with Crippen LogP contribution < -0.4 is 11.1 Å². The van der Waals surface area contributed by atoms with Crippen molar-refractivity contribution in [1.29, 1.82) is 0 Å². The number of ether oxygens (including phenoxy) is 1. The van der Waals surface area contributed by atoms with E-state index in [2.05, 4.69) is 10.3 Å². The third-order valence-electron chi connectivity index (χ3n) is 2.77. The van der Waals surface area contributed by atoms with Crippen molar-refractivity contribution in [3.05, 3.63) is 24.1 Å². The minimum absolute atomic E-state index is 0.109. The monoisotopic (exact) mass is 263 g/mol. The molecule has 0 spiro atoms. The Labute approximate surface area is 110 Å². The summed E-state index contributed by atoms with van der Waals surface area (Å²) in [5.41, 5.74) is 7.48. The number of fused-ring (bicyclic) bond motifs is 1. The van der Waals surface area contributed by atoms with Gasteiger partial charge in [0.1, 0.15) is 12.1 Å². The first-order valence-electron chi connectivity index (χ1n) is 6.03. The Balaban J connectivity index is 2.19. The topological polar surface area (TPSA) is 90.4 Å². The maximum Gasteiger partial charge on any atom is 0.228 e. The van der Waals surface area contributed by atoms with Gasteiger partial charge in [0.2, 0.25) is 11.8 Å². The SMILES string of the molecule is COCc1nc2cc(NC(=O)C(C)CN)ccc2o1. The molecular formula is C13H17N3O3. The van der Waals surface area contributed by atoms with Crippen molar-refractivity contribution in [2.75, 3.05) is 19.0 Å². The van der Waals surface area contributed by atoms with Crippen molar-refractivity contribution in [3.8, 4) is 0 Å². The largest absolute Gasteiger partial charge is 0.438 e. The quantitative estimate of drug-likeness (QED) is 0.853. The number of benzene rings is 1. The van der Waals surface area contributed by atoms with Gasteiger partial charge in [-0.15, -0.1) is 0 Å². The number of nitrogens with two attached hydrogens (primary N) is 1. The molecule has 1 amide bonds. The highest BCUT2D eigenvalue weighted by Gasteiger charge is 2.12. The Morgan fingerprint density at radius 1 is 1.58 bits per heavy atom. The fourth-order valence-corrected chi connectivity index (χ4v) is 1.61. The van der Waals surface area contributed by atoms with Crippen molar-refractivity contribution in [3.63, 3.8) is 0 Å². The molecule has 1 unspecified atom stereocenters. The molecule has 1 aromatic carbocycles. The molecule has 0 radical (unpaired) electrons. The highest BCUT2D eigenvalue weighted by atomic mass is 16.5. The van der Waals surface area contributed by atoms with E-state index in [1.165, 1.54) is 0 Å². The predicted molar refractivity (Wildman–Crippen MR) is 71.6 cm³/mol. The van der Waals surface area contributed by atoms with Crippen LogP contribution in [0.4, 0.5) is 5.69 Å². The Morgan fingerprint density at radius 2 is 2.37 bits per heavy atom. The van der Waals surface area contributed by atoms with Crippen LogP contribution in [-0.4, -0.2) is 24.5 Å². The van der Waals surface area contributed by atoms with Crippen LogP contribution in [0, 0.1) is 5.92 Å². The van der Waals surface area contributed by atoms with E-state index in [1.807, 2.05) is 0 Å². The van der Waals surface area contributed by atoms with E-state index < -0.39 is 0 Å². The minimum atomic E-state index is -0.225. The second kappa shape index (κ2) is 5.81. The number of rotatable bonds is 5. The second-order valence-corrected chi connectivity index (χ2v) is 4.35. The number of carbonyl (C=O) groups excluding carboxylic acids is 1. The number of carbonyl (C=O) groups is 1. The van der Waals surface area contributed by atoms with Gasteiger partial charge >= 0.3 is 0 Å². The third-order valence-corrected chi connectivity index (χ3v) is 2.77. The van der Waals surface area contributed by atoms with E-state index in [9.17, 15) is 4.79 Å². The smallest absolute Gasteiger partial charge is 0.228 e. The Morgan fingerprint density at radius 3 is 3.05 bits per heavy atom. The molecule has 1 atom stereocenters. The van der Waals surface area contributed by atoms with Crippen LogP contribution in [0.5, 0.6) is 0 Å². The zero-order valence-corrected chi connectivity index (χ0v) is 11.0. The van der Waals surface area contributed by atoms with Crippen molar-refractivity contribution >= 4 is 22.7 Å². The zero-order valence-electron chi connectivity index (χ0n) is 11.0. The van der Waals surface area contributed by atoms with Gasteiger partial charge in [-0.3, -0.25) is 4.79 Å². The number of nitrogens with one attached hydrogen (secondary N) is 1. The number of aromatic nitrogens is 1. The van der Waals surface area contributed by atoms with Gasteiger partial charge in [0.05, 0.1) is 0 Å². The lowest BCUT2D eigenvalue weighted by Gasteiger charge is -2.09. The number of hydrogen-bond acceptors (Lipinski definition) is 5. The van der Waals surface area contributed by atoms with Crippen molar-refractivity contribution in [2.45, 2.75) is 13.5 Å². The molecule has 0 saturated heterocycles. The maximum atomic E-state index is 11.7. The summed E-state index contributed by atoms with van der Waals surface area (Å²) < 4.78 is 10.4. The van der Waals surface area contributed by atoms with Gasteiger partial charge in [0, 0.05) is 25.3 Å². The van der Waals surface area contributed by atoms with Gasteiger partial charge in [-0.2, -0.15) is 0 Å². The van der Waals surface area contributed by atoms with E-state index in [0.29, 0.717) is 35.8 Å². The van der Waals surface area contributed by atoms with Gasteiger partial charge in [0.25, 0.3) is 0 Å². The lowest BCUT2D eigenvalue weighted by atomic mass is 10.1. The summed E-state index contributed by atoms with van der Waals surface area (Å²) in [6, 6.07) is 5.30. The summed E-state index contributed by atoms with van der Waals surface area (Å²) in [5.74, 6) is 0.177. The Kier molecular flexibility index (Phi) is 4.13. The van der Waals surface area contributed by atoms with Crippen molar-refractivity contribution in [2.24, 2.45) is 11.7 Å². The van der Waals surface area contributed by atoms with Crippen LogP contribution >= 0.6 is 0 Å². The summed E-state index contributed by atoms with van der Waals surface area (Å²) in [4.78, 5) is 16.0. The van der Waals surface area contributed by atoms with Crippen molar-refractivity contribution < 1.29 is 13.9 Å². The minimum Gasteiger partial charge on any atom is -0.438 e. The molecule has 0 aliphatic heterocycles. The summed E-state index contributed by atoms with van der Waals surface area (Å²) in [7, 11) is 1.58. The number of hydrogen-bond donors (Lipinski definition) is 2. The van der Waals surface area contributed by atoms with Crippen LogP contribution in [-0.2, 0) is 16.1 Å². The molecule has 6 heteroatoms. The summed E-state index contributed by atoms with van der Waals surface area (Å²) in [5, 5.41) is 2.79. The van der Waals surface area contributed by atoms with Gasteiger partial charge in [-0.05, 0) is 18.2 Å². The van der Waals surface area contributed by atoms with E-state index in [4.69, 9.17) is 14.9 Å². The maximum absolute atomic E-state index is 11.7. The fraction of sp³-hybridized carbons (Fsp3) is 0.385. The standard InChI is InChI=1S/C13H17N3O3/c1-8(6-14)13(17)15-9-3-4-11-10(5-9)16-12(19-11)7-18-2/h3-5,8H,6-7,14H2,1-2H3,(H,15,17). The summed E-state index contributed by atoms with van der Waals surface area (Å²) in [6.07, 6.45) is 0. The first-order chi connectivity index (χ1) is 9.13. The molecule has 0 saturated carbocycles. The molecule has 19 heavy (non-hydrogen) atoms. The normalized spacial score (nSPS) is 12.6. The number of methoxy groups -OCH3 is 1. The molecule has 1 aromatic heterocycles. The van der Waals surface area contributed by atoms with Crippen LogP contribution in [0.25, 0.3) is 11.1 Å². The lowest BCUT2D eigenvalue weighted by molar-refractivity contribution is -0.119. The van der Waals surface area contributed by atoms with Gasteiger partial charge < -0.3 is 20.2 Å². The Bertz CT molecular complexity index is 580. The zero-order chi connectivity index (χ0) is 13.8. The summed E-state index contributed by atoms with van der Waals surface area (Å²) in [6.45, 7) is 2.41. The molecule has 0 aliphatic carbocycles. The number of anilines is 1. The molecule has 1 heterocycles. The number of oxazole rings is 1. The Hall–Kier alpha value is -1.92. The van der Waals surface area contributed by atoms with E-state index in [0.717, 1.165) is 0 Å². The fourth-order valence-electron chi connectivity index (χ4n) is 1.61. The average Bonchev–Trinajstić information content (AvgIpc) is 2.79. The van der Waals surface area contributed by atoms with Crippen LogP contribution in [0.1, 0.15) is 12.8 Å². The molecule has 102 valence electrons. The van der Waals surface area contributed by atoms with Crippen molar-refractivity contribution in [1.82, 2.24) is 4.98 Å². The molecular weight excluding hydrogens is 246 g/mol. The molecule has 0 fully saturated rings. The van der Waals surface area contributed by atoms with Gasteiger partial charge in [-0.1, -0.05) is 6.92 Å². The molecule has 0 bridgehead atoms. The molecule has 0 aliphatic rings. The predicted octanol–water partition coefficient (Wildman–Crippen LogP) is 1.51. The van der Waals surface area contributed by atoms with Crippen LogP contribution in [0.2, 0.25) is 0 Å². The first kappa shape index (κ1) is 13.5. The third kappa shape index (κ3) is 3.10. The van der Waals surface area contributed by atoms with E-state index in [1.54, 1.807) is 32.2 Å². The molecule has 3 N–H and O–H groups in total. The number of nitrogens with zero attached hydrogens (tertiary/aromatic N) is 1.